The molecule has 0 bridgehead atoms. The molecular formula is C12H11ClFNO3. The summed E-state index contributed by atoms with van der Waals surface area (Å²) in [6.45, 7) is 0.189. The first-order chi connectivity index (χ1) is 8.49. The number of hydrogen-bond acceptors (Lipinski definition) is 2. The van der Waals surface area contributed by atoms with E-state index in [1.165, 1.54) is 29.2 Å². The molecule has 0 saturated carbocycles. The van der Waals surface area contributed by atoms with E-state index >= 15 is 0 Å². The summed E-state index contributed by atoms with van der Waals surface area (Å²) < 4.78 is 12.8. The lowest BCUT2D eigenvalue weighted by molar-refractivity contribution is -0.148. The van der Waals surface area contributed by atoms with E-state index in [1.807, 2.05) is 0 Å². The second kappa shape index (κ2) is 4.94. The average molecular weight is 272 g/mol. The third-order valence-electron chi connectivity index (χ3n) is 2.84. The van der Waals surface area contributed by atoms with Crippen LogP contribution in [0.15, 0.2) is 24.3 Å². The molecule has 4 nitrogen and oxygen atoms in total. The molecule has 1 saturated heterocycles. The summed E-state index contributed by atoms with van der Waals surface area (Å²) in [7, 11) is 0. The lowest BCUT2D eigenvalue weighted by Crippen LogP contribution is -2.35. The quantitative estimate of drug-likeness (QED) is 0.853. The van der Waals surface area contributed by atoms with E-state index in [1.54, 1.807) is 0 Å². The Bertz CT molecular complexity index is 477. The van der Waals surface area contributed by atoms with E-state index < -0.39 is 17.8 Å². The average Bonchev–Trinajstić information content (AvgIpc) is 2.61. The fourth-order valence-electron chi connectivity index (χ4n) is 2.04. The first-order valence-electron chi connectivity index (χ1n) is 5.41. The summed E-state index contributed by atoms with van der Waals surface area (Å²) in [4.78, 5) is 24.2. The molecule has 1 unspecified atom stereocenters. The van der Waals surface area contributed by atoms with Crippen molar-refractivity contribution in [2.75, 3.05) is 6.54 Å². The van der Waals surface area contributed by atoms with Gasteiger partial charge in [-0.15, -0.1) is 11.6 Å². The molecule has 1 fully saturated rings. The summed E-state index contributed by atoms with van der Waals surface area (Å²) in [5, 5.41) is 8.85. The summed E-state index contributed by atoms with van der Waals surface area (Å²) in [6.07, 6.45) is 0.131. The Morgan fingerprint density at radius 1 is 1.44 bits per heavy atom. The number of nitrogens with zero attached hydrogens (tertiary/aromatic N) is 1. The summed E-state index contributed by atoms with van der Waals surface area (Å²) in [5.41, 5.74) is 0.364. The fraction of sp³-hybridized carbons (Fsp3) is 0.333. The maximum Gasteiger partial charge on any atom is 0.331 e. The van der Waals surface area contributed by atoms with Crippen LogP contribution < -0.4 is 0 Å². The molecular weight excluding hydrogens is 261 g/mol. The van der Waals surface area contributed by atoms with Crippen LogP contribution in [0.25, 0.3) is 0 Å². The van der Waals surface area contributed by atoms with Gasteiger partial charge in [0.25, 0.3) is 0 Å². The Morgan fingerprint density at radius 3 is 2.50 bits per heavy atom. The number of amides is 1. The number of carboxylic acids is 1. The molecule has 96 valence electrons. The SMILES string of the molecule is O=C(O)[C@H](c1ccc(F)cc1)N1CC(Cl)CC1=O. The van der Waals surface area contributed by atoms with Crippen LogP contribution in [0.1, 0.15) is 18.0 Å². The predicted octanol–water partition coefficient (Wildman–Crippen LogP) is 1.79. The van der Waals surface area contributed by atoms with E-state index in [-0.39, 0.29) is 24.2 Å². The van der Waals surface area contributed by atoms with Crippen molar-refractivity contribution in [1.29, 1.82) is 0 Å². The molecule has 2 atom stereocenters. The van der Waals surface area contributed by atoms with Crippen molar-refractivity contribution in [2.24, 2.45) is 0 Å². The molecule has 6 heteroatoms. The van der Waals surface area contributed by atoms with Gasteiger partial charge in [-0.25, -0.2) is 9.18 Å². The number of benzene rings is 1. The number of rotatable bonds is 3. The number of carboxylic acid groups (broad SMARTS) is 1. The van der Waals surface area contributed by atoms with Gasteiger partial charge in [0.1, 0.15) is 5.82 Å². The molecule has 1 aromatic rings. The predicted molar refractivity (Wildman–Crippen MR) is 62.7 cm³/mol. The number of alkyl halides is 1. The number of halogens is 2. The van der Waals surface area contributed by atoms with Crippen molar-refractivity contribution in [3.05, 3.63) is 35.6 Å². The summed E-state index contributed by atoms with van der Waals surface area (Å²) >= 11 is 5.85. The molecule has 1 aliphatic rings. The van der Waals surface area contributed by atoms with Crippen LogP contribution in [0.4, 0.5) is 4.39 Å². The Morgan fingerprint density at radius 2 is 2.06 bits per heavy atom. The van der Waals surface area contributed by atoms with E-state index in [0.29, 0.717) is 5.56 Å². The molecule has 2 rings (SSSR count). The molecule has 0 radical (unpaired) electrons. The van der Waals surface area contributed by atoms with Crippen LogP contribution in [-0.4, -0.2) is 33.8 Å². The van der Waals surface area contributed by atoms with Gasteiger partial charge in [-0.1, -0.05) is 12.1 Å². The van der Waals surface area contributed by atoms with Gasteiger partial charge in [-0.2, -0.15) is 0 Å². The topological polar surface area (TPSA) is 57.6 Å². The van der Waals surface area contributed by atoms with Crippen LogP contribution in [0.3, 0.4) is 0 Å². The number of likely N-dealkylation sites (tertiary alicyclic amines) is 1. The van der Waals surface area contributed by atoms with Crippen molar-refractivity contribution in [2.45, 2.75) is 17.8 Å². The third kappa shape index (κ3) is 2.46. The first kappa shape index (κ1) is 12.8. The highest BCUT2D eigenvalue weighted by atomic mass is 35.5. The highest BCUT2D eigenvalue weighted by Crippen LogP contribution is 2.28. The van der Waals surface area contributed by atoms with Gasteiger partial charge in [-0.3, -0.25) is 4.79 Å². The lowest BCUT2D eigenvalue weighted by atomic mass is 10.1. The Kier molecular flexibility index (Phi) is 3.52. The maximum atomic E-state index is 12.8. The fourth-order valence-corrected chi connectivity index (χ4v) is 2.32. The highest BCUT2D eigenvalue weighted by molar-refractivity contribution is 6.22. The lowest BCUT2D eigenvalue weighted by Gasteiger charge is -2.24. The minimum absolute atomic E-state index is 0.131. The summed E-state index contributed by atoms with van der Waals surface area (Å²) in [6, 6.07) is 3.96. The number of hydrogen-bond donors (Lipinski definition) is 1. The third-order valence-corrected chi connectivity index (χ3v) is 3.13. The number of aliphatic carboxylic acids is 1. The zero-order valence-electron chi connectivity index (χ0n) is 9.35. The molecule has 1 aromatic carbocycles. The van der Waals surface area contributed by atoms with Crippen molar-refractivity contribution >= 4 is 23.5 Å². The Hall–Kier alpha value is -1.62. The molecule has 1 N–H and O–H groups in total. The molecule has 0 aliphatic carbocycles. The van der Waals surface area contributed by atoms with E-state index in [4.69, 9.17) is 11.6 Å². The Balaban J connectivity index is 2.32. The second-order valence-electron chi connectivity index (χ2n) is 4.14. The number of carbonyl (C=O) groups excluding carboxylic acids is 1. The molecule has 1 heterocycles. The van der Waals surface area contributed by atoms with Crippen molar-refractivity contribution in [3.63, 3.8) is 0 Å². The van der Waals surface area contributed by atoms with Gasteiger partial charge in [-0.05, 0) is 17.7 Å². The van der Waals surface area contributed by atoms with Crippen LogP contribution in [-0.2, 0) is 9.59 Å². The zero-order valence-corrected chi connectivity index (χ0v) is 10.1. The molecule has 0 spiro atoms. The van der Waals surface area contributed by atoms with Crippen LogP contribution >= 0.6 is 11.6 Å². The van der Waals surface area contributed by atoms with E-state index in [0.717, 1.165) is 0 Å². The first-order valence-corrected chi connectivity index (χ1v) is 5.84. The molecule has 1 amide bonds. The molecule has 0 aromatic heterocycles. The largest absolute Gasteiger partial charge is 0.479 e. The summed E-state index contributed by atoms with van der Waals surface area (Å²) in [5.74, 6) is -1.90. The molecule has 18 heavy (non-hydrogen) atoms. The van der Waals surface area contributed by atoms with Crippen LogP contribution in [0, 0.1) is 5.82 Å². The van der Waals surface area contributed by atoms with Gasteiger partial charge in [0, 0.05) is 13.0 Å². The monoisotopic (exact) mass is 271 g/mol. The van der Waals surface area contributed by atoms with E-state index in [9.17, 15) is 19.1 Å². The smallest absolute Gasteiger partial charge is 0.331 e. The molecule has 1 aliphatic heterocycles. The van der Waals surface area contributed by atoms with Crippen LogP contribution in [0.5, 0.6) is 0 Å². The zero-order chi connectivity index (χ0) is 13.3. The number of carbonyl (C=O) groups is 2. The van der Waals surface area contributed by atoms with Crippen molar-refractivity contribution in [1.82, 2.24) is 4.90 Å². The Labute approximate surface area is 108 Å². The van der Waals surface area contributed by atoms with Gasteiger partial charge in [0.15, 0.2) is 6.04 Å². The maximum absolute atomic E-state index is 12.8. The second-order valence-corrected chi connectivity index (χ2v) is 4.76. The standard InChI is InChI=1S/C12H11ClFNO3/c13-8-5-10(16)15(6-8)11(12(17)18)7-1-3-9(14)4-2-7/h1-4,8,11H,5-6H2,(H,17,18)/t8?,11-/m0/s1. The van der Waals surface area contributed by atoms with Crippen molar-refractivity contribution < 1.29 is 19.1 Å². The van der Waals surface area contributed by atoms with Gasteiger partial charge in [0.05, 0.1) is 5.38 Å². The van der Waals surface area contributed by atoms with Gasteiger partial charge in [0.2, 0.25) is 5.91 Å². The normalized spacial score (nSPS) is 21.1. The van der Waals surface area contributed by atoms with Gasteiger partial charge >= 0.3 is 5.97 Å². The van der Waals surface area contributed by atoms with Crippen LogP contribution in [0.2, 0.25) is 0 Å². The highest BCUT2D eigenvalue weighted by Gasteiger charge is 2.37. The van der Waals surface area contributed by atoms with Crippen molar-refractivity contribution in [3.8, 4) is 0 Å². The minimum Gasteiger partial charge on any atom is -0.479 e. The van der Waals surface area contributed by atoms with E-state index in [2.05, 4.69) is 0 Å². The minimum atomic E-state index is -1.15. The van der Waals surface area contributed by atoms with Gasteiger partial charge < -0.3 is 10.0 Å².